The Labute approximate surface area is 177 Å². The van der Waals surface area contributed by atoms with Gasteiger partial charge in [-0.25, -0.2) is 13.2 Å². The number of nitrogens with one attached hydrogen (secondary N) is 2. The number of hydrogen-bond acceptors (Lipinski definition) is 6. The fourth-order valence-corrected chi connectivity index (χ4v) is 5.26. The highest BCUT2D eigenvalue weighted by Crippen LogP contribution is 2.19. The van der Waals surface area contributed by atoms with Gasteiger partial charge in [0.25, 0.3) is 10.0 Å². The van der Waals surface area contributed by atoms with E-state index in [-0.39, 0.29) is 6.04 Å². The van der Waals surface area contributed by atoms with E-state index in [1.165, 1.54) is 15.6 Å². The number of likely N-dealkylation sites (N-methyl/N-ethyl adjacent to an activating group) is 1. The molecule has 11 heteroatoms. The van der Waals surface area contributed by atoms with E-state index >= 15 is 0 Å². The average Bonchev–Trinajstić information content (AvgIpc) is 3.29. The molecule has 9 nitrogen and oxygen atoms in total. The minimum absolute atomic E-state index is 0.0229. The van der Waals surface area contributed by atoms with Gasteiger partial charge in [-0.15, -0.1) is 11.3 Å². The summed E-state index contributed by atoms with van der Waals surface area (Å²) in [5, 5.41) is 7.83. The highest BCUT2D eigenvalue weighted by atomic mass is 32.2. The number of ether oxygens (including phenoxy) is 1. The molecule has 1 saturated heterocycles. The van der Waals surface area contributed by atoms with E-state index in [0.29, 0.717) is 29.8 Å². The van der Waals surface area contributed by atoms with Gasteiger partial charge in [-0.2, -0.15) is 4.31 Å². The Morgan fingerprint density at radius 1 is 1.45 bits per heavy atom. The van der Waals surface area contributed by atoms with Crippen LogP contribution in [0.4, 0.5) is 4.79 Å². The molecule has 29 heavy (non-hydrogen) atoms. The number of carbonyl (C=O) groups is 1. The van der Waals surface area contributed by atoms with Crippen molar-refractivity contribution in [3.63, 3.8) is 0 Å². The highest BCUT2D eigenvalue weighted by molar-refractivity contribution is 7.91. The van der Waals surface area contributed by atoms with Crippen LogP contribution in [0.2, 0.25) is 0 Å². The summed E-state index contributed by atoms with van der Waals surface area (Å²) in [6.45, 7) is 7.58. The number of carbonyl (C=O) groups excluding carboxylic acids is 1. The second-order valence-electron chi connectivity index (χ2n) is 7.81. The fraction of sp³-hybridized carbons (Fsp3) is 0.667. The topological polar surface area (TPSA) is 103 Å². The molecule has 1 aromatic rings. The maximum Gasteiger partial charge on any atom is 0.407 e. The first-order valence-electron chi connectivity index (χ1n) is 9.48. The maximum atomic E-state index is 12.5. The van der Waals surface area contributed by atoms with Crippen LogP contribution in [-0.2, 0) is 14.8 Å². The molecule has 0 bridgehead atoms. The summed E-state index contributed by atoms with van der Waals surface area (Å²) >= 11 is 1.20. The van der Waals surface area contributed by atoms with Crippen molar-refractivity contribution < 1.29 is 17.9 Å². The van der Waals surface area contributed by atoms with Gasteiger partial charge in [0, 0.05) is 40.3 Å². The first-order valence-corrected chi connectivity index (χ1v) is 11.8. The smallest absolute Gasteiger partial charge is 0.407 e. The molecule has 1 aliphatic heterocycles. The van der Waals surface area contributed by atoms with Crippen LogP contribution in [0.5, 0.6) is 0 Å². The number of rotatable bonds is 6. The Bertz CT molecular complexity index is 803. The Hall–Kier alpha value is -1.85. The molecule has 1 amide bonds. The minimum Gasteiger partial charge on any atom is -0.444 e. The lowest BCUT2D eigenvalue weighted by atomic mass is 10.2. The van der Waals surface area contributed by atoms with E-state index in [2.05, 4.69) is 15.6 Å². The van der Waals surface area contributed by atoms with Crippen molar-refractivity contribution in [2.45, 2.75) is 43.0 Å². The fourth-order valence-electron chi connectivity index (χ4n) is 2.89. The van der Waals surface area contributed by atoms with Crippen molar-refractivity contribution in [2.75, 3.05) is 40.3 Å². The van der Waals surface area contributed by atoms with Crippen molar-refractivity contribution in [2.24, 2.45) is 4.99 Å². The summed E-state index contributed by atoms with van der Waals surface area (Å²) in [7, 11) is -0.210. The average molecular weight is 446 g/mol. The number of nitrogens with zero attached hydrogens (tertiary/aromatic N) is 3. The van der Waals surface area contributed by atoms with Crippen LogP contribution in [0.1, 0.15) is 27.2 Å². The predicted molar refractivity (Wildman–Crippen MR) is 115 cm³/mol. The Kier molecular flexibility index (Phi) is 7.89. The van der Waals surface area contributed by atoms with Gasteiger partial charge in [-0.1, -0.05) is 6.07 Å². The van der Waals surface area contributed by atoms with E-state index < -0.39 is 21.7 Å². The first kappa shape index (κ1) is 23.4. The van der Waals surface area contributed by atoms with Gasteiger partial charge in [0.2, 0.25) is 0 Å². The van der Waals surface area contributed by atoms with Crippen molar-refractivity contribution in [3.8, 4) is 0 Å². The molecule has 2 heterocycles. The van der Waals surface area contributed by atoms with Gasteiger partial charge >= 0.3 is 6.09 Å². The second-order valence-corrected chi connectivity index (χ2v) is 11.0. The third kappa shape index (κ3) is 6.86. The SMILES string of the molecule is CN=C(NCCN(C)S(=O)(=O)c1cccs1)N1CC[C@@H](NC(=O)OC(C)(C)C)C1. The Morgan fingerprint density at radius 2 is 2.17 bits per heavy atom. The maximum absolute atomic E-state index is 12.5. The number of aliphatic imine (C=N–C) groups is 1. The molecule has 1 aromatic heterocycles. The van der Waals surface area contributed by atoms with E-state index in [4.69, 9.17) is 4.74 Å². The monoisotopic (exact) mass is 445 g/mol. The molecular weight excluding hydrogens is 414 g/mol. The normalized spacial score (nSPS) is 18.2. The van der Waals surface area contributed by atoms with Gasteiger partial charge in [-0.05, 0) is 38.6 Å². The van der Waals surface area contributed by atoms with Crippen LogP contribution in [-0.4, -0.2) is 81.6 Å². The molecule has 1 atom stereocenters. The van der Waals surface area contributed by atoms with Gasteiger partial charge in [0.05, 0.1) is 6.04 Å². The molecule has 164 valence electrons. The number of guanidine groups is 1. The Balaban J connectivity index is 1.80. The lowest BCUT2D eigenvalue weighted by Gasteiger charge is -2.24. The van der Waals surface area contributed by atoms with E-state index in [1.54, 1.807) is 31.6 Å². The van der Waals surface area contributed by atoms with Crippen molar-refractivity contribution in [3.05, 3.63) is 17.5 Å². The molecule has 0 aliphatic carbocycles. The molecule has 0 unspecified atom stereocenters. The largest absolute Gasteiger partial charge is 0.444 e. The highest BCUT2D eigenvalue weighted by Gasteiger charge is 2.28. The van der Waals surface area contributed by atoms with E-state index in [0.717, 1.165) is 13.0 Å². The summed E-state index contributed by atoms with van der Waals surface area (Å²) in [6, 6.07) is 3.30. The molecule has 2 N–H and O–H groups in total. The van der Waals surface area contributed by atoms with E-state index in [1.807, 2.05) is 25.7 Å². The Morgan fingerprint density at radius 3 is 2.76 bits per heavy atom. The third-order valence-corrected chi connectivity index (χ3v) is 7.52. The van der Waals surface area contributed by atoms with Gasteiger partial charge in [-0.3, -0.25) is 4.99 Å². The number of likely N-dealkylation sites (tertiary alicyclic amines) is 1. The van der Waals surface area contributed by atoms with Crippen LogP contribution in [0.3, 0.4) is 0 Å². The van der Waals surface area contributed by atoms with Crippen molar-refractivity contribution in [1.82, 2.24) is 19.8 Å². The minimum atomic E-state index is -3.46. The molecule has 0 radical (unpaired) electrons. The number of alkyl carbamates (subject to hydrolysis) is 1. The quantitative estimate of drug-likeness (QED) is 0.509. The molecule has 2 rings (SSSR count). The summed E-state index contributed by atoms with van der Waals surface area (Å²) in [6.07, 6.45) is 0.361. The number of amides is 1. The molecule has 0 aromatic carbocycles. The van der Waals surface area contributed by atoms with Gasteiger partial charge in [0.15, 0.2) is 5.96 Å². The predicted octanol–water partition coefficient (Wildman–Crippen LogP) is 1.54. The first-order chi connectivity index (χ1) is 13.5. The zero-order chi connectivity index (χ0) is 21.7. The van der Waals surface area contributed by atoms with Gasteiger partial charge < -0.3 is 20.3 Å². The molecule has 0 spiro atoms. The summed E-state index contributed by atoms with van der Waals surface area (Å²) < 4.78 is 31.9. The lowest BCUT2D eigenvalue weighted by Crippen LogP contribution is -2.45. The molecular formula is C18H31N5O4S2. The zero-order valence-electron chi connectivity index (χ0n) is 17.6. The summed E-state index contributed by atoms with van der Waals surface area (Å²) in [5.74, 6) is 0.681. The second kappa shape index (κ2) is 9.77. The van der Waals surface area contributed by atoms with Crippen molar-refractivity contribution >= 4 is 33.4 Å². The number of hydrogen-bond donors (Lipinski definition) is 2. The van der Waals surface area contributed by atoms with Crippen LogP contribution in [0.15, 0.2) is 26.7 Å². The van der Waals surface area contributed by atoms with Crippen LogP contribution in [0.25, 0.3) is 0 Å². The van der Waals surface area contributed by atoms with E-state index in [9.17, 15) is 13.2 Å². The van der Waals surface area contributed by atoms with Gasteiger partial charge in [0.1, 0.15) is 9.81 Å². The summed E-state index contributed by atoms with van der Waals surface area (Å²) in [5.41, 5.74) is -0.532. The summed E-state index contributed by atoms with van der Waals surface area (Å²) in [4.78, 5) is 18.3. The molecule has 0 saturated carbocycles. The zero-order valence-corrected chi connectivity index (χ0v) is 19.3. The third-order valence-electron chi connectivity index (χ3n) is 4.29. The van der Waals surface area contributed by atoms with Crippen LogP contribution in [0, 0.1) is 0 Å². The van der Waals surface area contributed by atoms with Crippen LogP contribution >= 0.6 is 11.3 Å². The molecule has 1 fully saturated rings. The number of thiophene rings is 1. The van der Waals surface area contributed by atoms with Crippen molar-refractivity contribution in [1.29, 1.82) is 0 Å². The lowest BCUT2D eigenvalue weighted by molar-refractivity contribution is 0.0507. The molecule has 1 aliphatic rings. The standard InChI is InChI=1S/C18H31N5O4S2/c1-18(2,3)27-17(24)21-14-8-10-23(13-14)16(19-4)20-9-11-22(5)29(25,26)15-7-6-12-28-15/h6-7,12,14H,8-11,13H2,1-5H3,(H,19,20)(H,21,24)/t14-/m1/s1. The number of sulfonamides is 1. The van der Waals surface area contributed by atoms with Crippen LogP contribution < -0.4 is 10.6 Å².